The first-order valence-corrected chi connectivity index (χ1v) is 13.1. The molecule has 1 aromatic heterocycles. The zero-order valence-electron chi connectivity index (χ0n) is 19.8. The molecule has 176 valence electrons. The molecule has 0 aliphatic heterocycles. The Morgan fingerprint density at radius 1 is 0.875 bits per heavy atom. The molecule has 1 heterocycles. The van der Waals surface area contributed by atoms with Gasteiger partial charge in [0.25, 0.3) is 0 Å². The van der Waals surface area contributed by atoms with Crippen molar-refractivity contribution < 1.29 is 14.3 Å². The average Bonchev–Trinajstić information content (AvgIpc) is 3.05. The van der Waals surface area contributed by atoms with Gasteiger partial charge < -0.3 is 10.1 Å². The average molecular weight is 441 g/mol. The van der Waals surface area contributed by atoms with Crippen molar-refractivity contribution in [2.45, 2.75) is 122 Å². The Balaban J connectivity index is 1.60. The summed E-state index contributed by atoms with van der Waals surface area (Å²) in [7, 11) is 0. The van der Waals surface area contributed by atoms with Crippen molar-refractivity contribution in [2.75, 3.05) is 5.32 Å². The predicted molar refractivity (Wildman–Crippen MR) is 127 cm³/mol. The summed E-state index contributed by atoms with van der Waals surface area (Å²) in [5, 5.41) is 3.34. The number of amides is 1. The molecule has 32 heavy (non-hydrogen) atoms. The molecule has 3 aliphatic carbocycles. The molecule has 0 aromatic carbocycles. The summed E-state index contributed by atoms with van der Waals surface area (Å²) < 4.78 is 5.57. The maximum absolute atomic E-state index is 13.3. The van der Waals surface area contributed by atoms with Gasteiger partial charge in [0.1, 0.15) is 6.10 Å². The van der Waals surface area contributed by atoms with E-state index in [1.54, 1.807) is 0 Å². The fourth-order valence-corrected chi connectivity index (χ4v) is 6.11. The largest absolute Gasteiger partial charge is 0.456 e. The second-order valence-corrected chi connectivity index (χ2v) is 10.2. The van der Waals surface area contributed by atoms with Crippen LogP contribution in [0.25, 0.3) is 0 Å². The van der Waals surface area contributed by atoms with Crippen molar-refractivity contribution >= 4 is 17.6 Å². The van der Waals surface area contributed by atoms with Gasteiger partial charge in [-0.3, -0.25) is 14.6 Å². The Morgan fingerprint density at radius 2 is 1.47 bits per heavy atom. The summed E-state index contributed by atoms with van der Waals surface area (Å²) in [4.78, 5) is 29.7. The number of carbonyl (C=O) groups excluding carboxylic acids is 2. The smallest absolute Gasteiger partial charge is 0.303 e. The first-order chi connectivity index (χ1) is 15.6. The van der Waals surface area contributed by atoms with Gasteiger partial charge in [-0.05, 0) is 55.6 Å². The molecule has 1 aromatic rings. The van der Waals surface area contributed by atoms with E-state index in [0.717, 1.165) is 49.9 Å². The number of nitrogens with zero attached hydrogens (tertiary/aromatic N) is 1. The van der Waals surface area contributed by atoms with E-state index < -0.39 is 0 Å². The SMILES string of the molecule is CC(=O)OC1CCc2c1ncc(NC(=O)C1CCCCCCCC1)c2C1CCCCCC1. The molecule has 2 fully saturated rings. The minimum absolute atomic E-state index is 0.108. The molecular weight excluding hydrogens is 400 g/mol. The van der Waals surface area contributed by atoms with Crippen LogP contribution in [0.4, 0.5) is 5.69 Å². The highest BCUT2D eigenvalue weighted by molar-refractivity contribution is 5.93. The molecule has 0 radical (unpaired) electrons. The van der Waals surface area contributed by atoms with Crippen LogP contribution >= 0.6 is 0 Å². The van der Waals surface area contributed by atoms with Crippen LogP contribution in [0.5, 0.6) is 0 Å². The maximum atomic E-state index is 13.3. The van der Waals surface area contributed by atoms with Crippen LogP contribution in [0, 0.1) is 5.92 Å². The third kappa shape index (κ3) is 5.71. The van der Waals surface area contributed by atoms with Crippen LogP contribution in [0.15, 0.2) is 6.20 Å². The van der Waals surface area contributed by atoms with Gasteiger partial charge in [0, 0.05) is 12.8 Å². The summed E-state index contributed by atoms with van der Waals surface area (Å²) in [6.07, 6.45) is 20.1. The highest BCUT2D eigenvalue weighted by Crippen LogP contribution is 2.44. The Labute approximate surface area is 193 Å². The van der Waals surface area contributed by atoms with Gasteiger partial charge in [-0.2, -0.15) is 0 Å². The molecule has 2 saturated carbocycles. The van der Waals surface area contributed by atoms with Crippen LogP contribution in [0.3, 0.4) is 0 Å². The first kappa shape index (κ1) is 23.3. The lowest BCUT2D eigenvalue weighted by Crippen LogP contribution is -2.24. The fraction of sp³-hybridized carbons (Fsp3) is 0.741. The minimum atomic E-state index is -0.252. The van der Waals surface area contributed by atoms with E-state index in [1.165, 1.54) is 82.3 Å². The lowest BCUT2D eigenvalue weighted by atomic mass is 9.86. The fourth-order valence-electron chi connectivity index (χ4n) is 6.11. The second-order valence-electron chi connectivity index (χ2n) is 10.2. The third-order valence-corrected chi connectivity index (χ3v) is 7.77. The highest BCUT2D eigenvalue weighted by atomic mass is 16.5. The van der Waals surface area contributed by atoms with Crippen LogP contribution in [0.1, 0.15) is 132 Å². The third-order valence-electron chi connectivity index (χ3n) is 7.77. The lowest BCUT2D eigenvalue weighted by molar-refractivity contribution is -0.146. The zero-order chi connectivity index (χ0) is 22.3. The molecule has 4 rings (SSSR count). The number of pyridine rings is 1. The number of esters is 1. The number of carbonyl (C=O) groups is 2. The number of rotatable bonds is 4. The molecule has 1 amide bonds. The molecule has 3 aliphatic rings. The minimum Gasteiger partial charge on any atom is -0.456 e. The van der Waals surface area contributed by atoms with E-state index in [-0.39, 0.29) is 23.9 Å². The highest BCUT2D eigenvalue weighted by Gasteiger charge is 2.33. The van der Waals surface area contributed by atoms with Crippen LogP contribution < -0.4 is 5.32 Å². The molecule has 5 nitrogen and oxygen atoms in total. The van der Waals surface area contributed by atoms with Crippen LogP contribution in [0.2, 0.25) is 0 Å². The molecule has 0 bridgehead atoms. The van der Waals surface area contributed by atoms with E-state index in [4.69, 9.17) is 9.72 Å². The summed E-state index contributed by atoms with van der Waals surface area (Å²) in [6, 6.07) is 0. The number of nitrogens with one attached hydrogen (secondary N) is 1. The van der Waals surface area contributed by atoms with Crippen molar-refractivity contribution in [1.29, 1.82) is 0 Å². The number of hydrogen-bond donors (Lipinski definition) is 1. The van der Waals surface area contributed by atoms with E-state index in [1.807, 2.05) is 6.20 Å². The van der Waals surface area contributed by atoms with Gasteiger partial charge in [0.2, 0.25) is 5.91 Å². The Bertz CT molecular complexity index is 788. The molecule has 1 unspecified atom stereocenters. The van der Waals surface area contributed by atoms with Gasteiger partial charge in [-0.25, -0.2) is 0 Å². The van der Waals surface area contributed by atoms with Crippen molar-refractivity contribution in [3.8, 4) is 0 Å². The summed E-state index contributed by atoms with van der Waals surface area (Å²) in [5.41, 5.74) is 4.36. The van der Waals surface area contributed by atoms with Crippen molar-refractivity contribution in [3.63, 3.8) is 0 Å². The van der Waals surface area contributed by atoms with Gasteiger partial charge >= 0.3 is 5.97 Å². The standard InChI is InChI=1S/C27H40N2O3/c1-19(30)32-24-17-16-22-25(20-12-8-6-7-9-13-20)23(18-28-26(22)24)29-27(31)21-14-10-4-2-3-5-11-15-21/h18,20-21,24H,2-17H2,1H3,(H,29,31). The monoisotopic (exact) mass is 440 g/mol. The van der Waals surface area contributed by atoms with Crippen molar-refractivity contribution in [3.05, 3.63) is 23.0 Å². The Morgan fingerprint density at radius 3 is 2.09 bits per heavy atom. The van der Waals surface area contributed by atoms with E-state index in [9.17, 15) is 9.59 Å². The van der Waals surface area contributed by atoms with Crippen LogP contribution in [-0.2, 0) is 20.7 Å². The number of aromatic nitrogens is 1. The molecular formula is C27H40N2O3. The summed E-state index contributed by atoms with van der Waals surface area (Å²) in [5.74, 6) is 0.495. The number of ether oxygens (including phenoxy) is 1. The first-order valence-electron chi connectivity index (χ1n) is 13.1. The van der Waals surface area contributed by atoms with E-state index in [0.29, 0.717) is 5.92 Å². The van der Waals surface area contributed by atoms with Crippen LogP contribution in [-0.4, -0.2) is 16.9 Å². The van der Waals surface area contributed by atoms with E-state index >= 15 is 0 Å². The number of hydrogen-bond acceptors (Lipinski definition) is 4. The van der Waals surface area contributed by atoms with Crippen molar-refractivity contribution in [1.82, 2.24) is 4.98 Å². The van der Waals surface area contributed by atoms with Gasteiger partial charge in [-0.15, -0.1) is 0 Å². The van der Waals surface area contributed by atoms with Gasteiger partial charge in [-0.1, -0.05) is 64.2 Å². The Hall–Kier alpha value is -1.91. The summed E-state index contributed by atoms with van der Waals surface area (Å²) >= 11 is 0. The summed E-state index contributed by atoms with van der Waals surface area (Å²) in [6.45, 7) is 1.47. The van der Waals surface area contributed by atoms with E-state index in [2.05, 4.69) is 5.32 Å². The molecule has 5 heteroatoms. The predicted octanol–water partition coefficient (Wildman–Crippen LogP) is 6.76. The molecule has 0 saturated heterocycles. The van der Waals surface area contributed by atoms with Gasteiger partial charge in [0.05, 0.1) is 17.6 Å². The molecule has 1 atom stereocenters. The zero-order valence-corrected chi connectivity index (χ0v) is 19.8. The topological polar surface area (TPSA) is 68.3 Å². The quantitative estimate of drug-likeness (QED) is 0.415. The Kier molecular flexibility index (Phi) is 8.20. The maximum Gasteiger partial charge on any atom is 0.303 e. The van der Waals surface area contributed by atoms with Gasteiger partial charge in [0.15, 0.2) is 0 Å². The molecule has 1 N–H and O–H groups in total. The lowest BCUT2D eigenvalue weighted by Gasteiger charge is -2.24. The normalized spacial score (nSPS) is 23.3. The number of anilines is 1. The van der Waals surface area contributed by atoms with Crippen molar-refractivity contribution in [2.24, 2.45) is 5.92 Å². The number of fused-ring (bicyclic) bond motifs is 1. The molecule has 0 spiro atoms. The second kappa shape index (κ2) is 11.3.